The third kappa shape index (κ3) is 4.55. The number of hydrogen-bond donors (Lipinski definition) is 1. The highest BCUT2D eigenvalue weighted by atomic mass is 32.1. The summed E-state index contributed by atoms with van der Waals surface area (Å²) in [4.78, 5) is 21.0. The van der Waals surface area contributed by atoms with Crippen LogP contribution in [0.4, 0.5) is 0 Å². The van der Waals surface area contributed by atoms with E-state index in [1.807, 2.05) is 31.4 Å². The van der Waals surface area contributed by atoms with Crippen LogP contribution in [0.1, 0.15) is 40.0 Å². The molecule has 30 heavy (non-hydrogen) atoms. The Balaban J connectivity index is 1.39. The molecule has 160 valence electrons. The summed E-state index contributed by atoms with van der Waals surface area (Å²) in [6.07, 6.45) is 1.10. The predicted molar refractivity (Wildman–Crippen MR) is 118 cm³/mol. The fraction of sp³-hybridized carbons (Fsp3) is 0.500. The summed E-state index contributed by atoms with van der Waals surface area (Å²) >= 11 is 1.74. The van der Waals surface area contributed by atoms with Gasteiger partial charge in [0.15, 0.2) is 5.65 Å². The van der Waals surface area contributed by atoms with Crippen molar-refractivity contribution in [2.45, 2.75) is 39.7 Å². The number of rotatable bonds is 7. The van der Waals surface area contributed by atoms with E-state index in [-0.39, 0.29) is 11.9 Å². The number of thiophene rings is 1. The number of nitrogens with one attached hydrogen (secondary N) is 1. The number of aryl methyl sites for hydroxylation is 3. The van der Waals surface area contributed by atoms with E-state index in [0.717, 1.165) is 54.6 Å². The number of nitrogens with zero attached hydrogens (tertiary/aromatic N) is 4. The monoisotopic (exact) mass is 427 g/mol. The molecule has 1 atom stereocenters. The van der Waals surface area contributed by atoms with Crippen molar-refractivity contribution >= 4 is 22.9 Å². The molecule has 1 aliphatic rings. The van der Waals surface area contributed by atoms with Crippen LogP contribution in [-0.2, 0) is 16.0 Å². The predicted octanol–water partition coefficient (Wildman–Crippen LogP) is 2.84. The molecule has 8 heteroatoms. The third-order valence-electron chi connectivity index (χ3n) is 5.74. The van der Waals surface area contributed by atoms with Crippen LogP contribution < -0.4 is 5.32 Å². The zero-order valence-corrected chi connectivity index (χ0v) is 18.7. The van der Waals surface area contributed by atoms with Crippen molar-refractivity contribution in [3.63, 3.8) is 0 Å². The van der Waals surface area contributed by atoms with E-state index in [2.05, 4.69) is 37.8 Å². The van der Waals surface area contributed by atoms with Crippen LogP contribution in [0.3, 0.4) is 0 Å². The highest BCUT2D eigenvalue weighted by molar-refractivity contribution is 7.10. The summed E-state index contributed by atoms with van der Waals surface area (Å²) < 4.78 is 7.37. The maximum Gasteiger partial charge on any atom is 0.220 e. The Morgan fingerprint density at radius 1 is 1.30 bits per heavy atom. The van der Waals surface area contributed by atoms with Crippen LogP contribution >= 0.6 is 11.3 Å². The topological polar surface area (TPSA) is 71.8 Å². The average molecular weight is 428 g/mol. The van der Waals surface area contributed by atoms with Gasteiger partial charge in [-0.15, -0.1) is 11.3 Å². The van der Waals surface area contributed by atoms with Gasteiger partial charge in [-0.2, -0.15) is 5.10 Å². The Hall–Kier alpha value is -2.29. The molecule has 3 aromatic heterocycles. The van der Waals surface area contributed by atoms with Crippen LogP contribution in [-0.4, -0.2) is 58.3 Å². The van der Waals surface area contributed by atoms with E-state index in [4.69, 9.17) is 4.74 Å². The molecule has 1 fully saturated rings. The highest BCUT2D eigenvalue weighted by Gasteiger charge is 2.24. The maximum absolute atomic E-state index is 12.7. The average Bonchev–Trinajstić information content (AvgIpc) is 3.38. The molecule has 0 aromatic carbocycles. The van der Waals surface area contributed by atoms with E-state index in [9.17, 15) is 4.79 Å². The Morgan fingerprint density at radius 2 is 2.10 bits per heavy atom. The number of aromatic nitrogens is 3. The van der Waals surface area contributed by atoms with Crippen LogP contribution in [0.15, 0.2) is 23.6 Å². The lowest BCUT2D eigenvalue weighted by Gasteiger charge is -2.34. The molecule has 0 unspecified atom stereocenters. The fourth-order valence-electron chi connectivity index (χ4n) is 4.12. The number of amides is 1. The van der Waals surface area contributed by atoms with Gasteiger partial charge in [-0.25, -0.2) is 9.50 Å². The minimum Gasteiger partial charge on any atom is -0.379 e. The molecule has 1 saturated heterocycles. The molecule has 1 aliphatic heterocycles. The van der Waals surface area contributed by atoms with Gasteiger partial charge in [0.05, 0.1) is 24.9 Å². The normalized spacial score (nSPS) is 16.1. The first-order valence-corrected chi connectivity index (χ1v) is 11.3. The summed E-state index contributed by atoms with van der Waals surface area (Å²) in [7, 11) is 0. The maximum atomic E-state index is 12.7. The SMILES string of the molecule is Cc1cc2nc(C)c(CCC(=O)NC[C@H](c3cccs3)N3CCOCC3)c(C)n2n1. The Bertz CT molecular complexity index is 1010. The largest absolute Gasteiger partial charge is 0.379 e. The summed E-state index contributed by atoms with van der Waals surface area (Å²) in [6, 6.07) is 6.40. The van der Waals surface area contributed by atoms with Crippen molar-refractivity contribution in [1.29, 1.82) is 0 Å². The molecule has 4 rings (SSSR count). The minimum absolute atomic E-state index is 0.0698. The number of fused-ring (bicyclic) bond motifs is 1. The summed E-state index contributed by atoms with van der Waals surface area (Å²) in [5.74, 6) is 0.0698. The lowest BCUT2D eigenvalue weighted by atomic mass is 10.1. The minimum atomic E-state index is 0.0698. The van der Waals surface area contributed by atoms with Crippen LogP contribution in [0.25, 0.3) is 5.65 Å². The van der Waals surface area contributed by atoms with Gasteiger partial charge in [0.1, 0.15) is 0 Å². The summed E-state index contributed by atoms with van der Waals surface area (Å²) in [6.45, 7) is 9.92. The number of carbonyl (C=O) groups excluding carboxylic acids is 1. The van der Waals surface area contributed by atoms with Gasteiger partial charge >= 0.3 is 0 Å². The Labute approximate surface area is 181 Å². The van der Waals surface area contributed by atoms with Crippen molar-refractivity contribution in [1.82, 2.24) is 24.8 Å². The zero-order valence-electron chi connectivity index (χ0n) is 17.9. The molecule has 1 amide bonds. The van der Waals surface area contributed by atoms with E-state index in [1.54, 1.807) is 11.3 Å². The second-order valence-electron chi connectivity index (χ2n) is 7.80. The molecule has 0 radical (unpaired) electrons. The fourth-order valence-corrected chi connectivity index (χ4v) is 4.98. The molecule has 0 spiro atoms. The van der Waals surface area contributed by atoms with Gasteiger partial charge in [-0.1, -0.05) is 6.07 Å². The quantitative estimate of drug-likeness (QED) is 0.628. The number of ether oxygens (including phenoxy) is 1. The first-order chi connectivity index (χ1) is 14.5. The first kappa shape index (κ1) is 21.0. The molecular weight excluding hydrogens is 398 g/mol. The van der Waals surface area contributed by atoms with Crippen molar-refractivity contribution in [2.24, 2.45) is 0 Å². The van der Waals surface area contributed by atoms with E-state index >= 15 is 0 Å². The van der Waals surface area contributed by atoms with Crippen LogP contribution in [0, 0.1) is 20.8 Å². The van der Waals surface area contributed by atoms with Crippen molar-refractivity contribution < 1.29 is 9.53 Å². The molecule has 7 nitrogen and oxygen atoms in total. The lowest BCUT2D eigenvalue weighted by Crippen LogP contribution is -2.43. The molecule has 0 bridgehead atoms. The van der Waals surface area contributed by atoms with Gasteiger partial charge in [0.25, 0.3) is 0 Å². The van der Waals surface area contributed by atoms with Gasteiger partial charge in [-0.3, -0.25) is 9.69 Å². The number of carbonyl (C=O) groups is 1. The van der Waals surface area contributed by atoms with E-state index in [0.29, 0.717) is 19.4 Å². The first-order valence-electron chi connectivity index (χ1n) is 10.5. The van der Waals surface area contributed by atoms with E-state index in [1.165, 1.54) is 4.88 Å². The Kier molecular flexibility index (Phi) is 6.46. The lowest BCUT2D eigenvalue weighted by molar-refractivity contribution is -0.121. The second kappa shape index (κ2) is 9.24. The smallest absolute Gasteiger partial charge is 0.220 e. The standard InChI is InChI=1S/C22H29N5O2S/c1-15-13-21-24-16(2)18(17(3)27(21)25-15)6-7-22(28)23-14-19(20-5-4-12-30-20)26-8-10-29-11-9-26/h4-5,12-13,19H,6-11,14H2,1-3H3,(H,23,28)/t19-/m1/s1. The molecule has 0 aliphatic carbocycles. The van der Waals surface area contributed by atoms with Crippen molar-refractivity contribution in [2.75, 3.05) is 32.8 Å². The second-order valence-corrected chi connectivity index (χ2v) is 8.78. The van der Waals surface area contributed by atoms with Gasteiger partial charge < -0.3 is 10.1 Å². The summed E-state index contributed by atoms with van der Waals surface area (Å²) in [5.41, 5.74) is 4.94. The third-order valence-corrected chi connectivity index (χ3v) is 6.71. The number of hydrogen-bond acceptors (Lipinski definition) is 6. The van der Waals surface area contributed by atoms with Crippen LogP contribution in [0.5, 0.6) is 0 Å². The highest BCUT2D eigenvalue weighted by Crippen LogP contribution is 2.25. The van der Waals surface area contributed by atoms with Crippen molar-refractivity contribution in [3.8, 4) is 0 Å². The summed E-state index contributed by atoms with van der Waals surface area (Å²) in [5, 5.41) is 9.78. The van der Waals surface area contributed by atoms with Gasteiger partial charge in [0.2, 0.25) is 5.91 Å². The van der Waals surface area contributed by atoms with E-state index < -0.39 is 0 Å². The zero-order chi connectivity index (χ0) is 21.1. The molecule has 1 N–H and O–H groups in total. The van der Waals surface area contributed by atoms with Crippen LogP contribution in [0.2, 0.25) is 0 Å². The molecule has 3 aromatic rings. The molecule has 4 heterocycles. The number of morpholine rings is 1. The molecule has 0 saturated carbocycles. The van der Waals surface area contributed by atoms with Gasteiger partial charge in [0, 0.05) is 48.4 Å². The van der Waals surface area contributed by atoms with Crippen molar-refractivity contribution in [3.05, 3.63) is 51.1 Å². The Morgan fingerprint density at radius 3 is 2.83 bits per heavy atom. The molecular formula is C22H29N5O2S. The van der Waals surface area contributed by atoms with Gasteiger partial charge in [-0.05, 0) is 44.2 Å².